The third kappa shape index (κ3) is 6.73. The molecule has 0 aliphatic rings. The number of carbonyl (C=O) groups excluding carboxylic acids is 2. The molecular formula is C14H16F8NO7S-. The molecule has 0 heterocycles. The monoisotopic (exact) mass is 494 g/mol. The largest absolute Gasteiger partial charge is 0.743 e. The quantitative estimate of drug-likeness (QED) is 0.117. The summed E-state index contributed by atoms with van der Waals surface area (Å²) < 4.78 is 145. The molecule has 0 aliphatic carbocycles. The molecule has 0 saturated carbocycles. The van der Waals surface area contributed by atoms with Gasteiger partial charge in [-0.2, -0.15) is 35.1 Å². The van der Waals surface area contributed by atoms with Crippen molar-refractivity contribution >= 4 is 22.0 Å². The maximum absolute atomic E-state index is 13.5. The lowest BCUT2D eigenvalue weighted by atomic mass is 10.2. The Morgan fingerprint density at radius 1 is 1.10 bits per heavy atom. The van der Waals surface area contributed by atoms with E-state index in [1.807, 2.05) is 0 Å². The number of carbonyl (C=O) groups is 2. The standard InChI is InChI=1S/C14H17F8NO7S/c1-7(2)23-10(25)12(13(18,19)20,30-9(24)8(3)15)29-6-4-5-11(16,17)14(21,22)31(26,27)28/h7H,3-6H2,1-2H3,(H,23,25)(H,26,27,28)/p-1. The van der Waals surface area contributed by atoms with Gasteiger partial charge in [-0.25, -0.2) is 13.2 Å². The van der Waals surface area contributed by atoms with E-state index in [4.69, 9.17) is 0 Å². The van der Waals surface area contributed by atoms with E-state index in [2.05, 4.69) is 16.1 Å². The van der Waals surface area contributed by atoms with Gasteiger partial charge >= 0.3 is 35.0 Å². The second-order valence-electron chi connectivity index (χ2n) is 6.16. The molecular weight excluding hydrogens is 478 g/mol. The fourth-order valence-corrected chi connectivity index (χ4v) is 2.26. The van der Waals surface area contributed by atoms with Crippen molar-refractivity contribution in [1.82, 2.24) is 5.32 Å². The summed E-state index contributed by atoms with van der Waals surface area (Å²) in [6, 6.07) is -1.03. The van der Waals surface area contributed by atoms with Crippen molar-refractivity contribution < 1.29 is 67.2 Å². The van der Waals surface area contributed by atoms with Crippen LogP contribution in [-0.4, -0.2) is 60.6 Å². The van der Waals surface area contributed by atoms with Gasteiger partial charge in [-0.3, -0.25) is 4.79 Å². The fourth-order valence-electron chi connectivity index (χ4n) is 1.79. The topological polar surface area (TPSA) is 122 Å². The van der Waals surface area contributed by atoms with Crippen LogP contribution < -0.4 is 5.32 Å². The van der Waals surface area contributed by atoms with Crippen molar-refractivity contribution in [2.75, 3.05) is 6.61 Å². The molecule has 1 atom stereocenters. The average molecular weight is 494 g/mol. The Morgan fingerprint density at radius 2 is 1.58 bits per heavy atom. The number of rotatable bonds is 11. The Kier molecular flexibility index (Phi) is 9.02. The van der Waals surface area contributed by atoms with E-state index in [9.17, 15) is 57.7 Å². The number of halogens is 8. The van der Waals surface area contributed by atoms with Crippen LogP contribution in [0.15, 0.2) is 12.4 Å². The fraction of sp³-hybridized carbons (Fsp3) is 0.714. The Bertz CT molecular complexity index is 797. The lowest BCUT2D eigenvalue weighted by molar-refractivity contribution is -0.348. The summed E-state index contributed by atoms with van der Waals surface area (Å²) in [5.41, 5.74) is 0. The molecule has 1 unspecified atom stereocenters. The molecule has 31 heavy (non-hydrogen) atoms. The van der Waals surface area contributed by atoms with Crippen molar-refractivity contribution in [3.8, 4) is 0 Å². The third-order valence-corrected chi connectivity index (χ3v) is 4.16. The molecule has 0 spiro atoms. The van der Waals surface area contributed by atoms with Crippen molar-refractivity contribution in [2.24, 2.45) is 0 Å². The van der Waals surface area contributed by atoms with Crippen LogP contribution in [0.4, 0.5) is 35.1 Å². The van der Waals surface area contributed by atoms with Gasteiger partial charge in [0.05, 0.1) is 6.61 Å². The molecule has 0 aliphatic heterocycles. The van der Waals surface area contributed by atoms with Gasteiger partial charge in [0, 0.05) is 12.5 Å². The van der Waals surface area contributed by atoms with Gasteiger partial charge in [0.1, 0.15) is 0 Å². The van der Waals surface area contributed by atoms with Gasteiger partial charge in [0.2, 0.25) is 5.83 Å². The molecule has 0 aromatic rings. The highest BCUT2D eigenvalue weighted by molar-refractivity contribution is 7.86. The molecule has 0 bridgehead atoms. The first-order chi connectivity index (χ1) is 13.6. The van der Waals surface area contributed by atoms with Crippen LogP contribution in [0.3, 0.4) is 0 Å². The second-order valence-corrected chi connectivity index (χ2v) is 7.59. The number of amides is 1. The number of alkyl halides is 7. The van der Waals surface area contributed by atoms with Crippen molar-refractivity contribution in [3.05, 3.63) is 12.4 Å². The van der Waals surface area contributed by atoms with Gasteiger partial charge in [0.25, 0.3) is 0 Å². The Morgan fingerprint density at radius 3 is 1.94 bits per heavy atom. The summed E-state index contributed by atoms with van der Waals surface area (Å²) in [4.78, 5) is 23.2. The molecule has 8 nitrogen and oxygen atoms in total. The average Bonchev–Trinajstić information content (AvgIpc) is 2.54. The van der Waals surface area contributed by atoms with E-state index in [1.54, 1.807) is 5.32 Å². The number of hydrogen-bond acceptors (Lipinski definition) is 7. The minimum Gasteiger partial charge on any atom is -0.743 e. The Hall–Kier alpha value is -2.01. The third-order valence-electron chi connectivity index (χ3n) is 3.23. The zero-order chi connectivity index (χ0) is 25.1. The second kappa shape index (κ2) is 9.64. The van der Waals surface area contributed by atoms with E-state index < -0.39 is 76.5 Å². The predicted molar refractivity (Wildman–Crippen MR) is 83.2 cm³/mol. The lowest BCUT2D eigenvalue weighted by Gasteiger charge is -2.34. The van der Waals surface area contributed by atoms with E-state index in [1.165, 1.54) is 0 Å². The predicted octanol–water partition coefficient (Wildman–Crippen LogP) is 2.37. The van der Waals surface area contributed by atoms with Crippen LogP contribution in [0, 0.1) is 0 Å². The molecule has 1 N–H and O–H groups in total. The summed E-state index contributed by atoms with van der Waals surface area (Å²) in [6.45, 7) is 3.01. The number of nitrogens with one attached hydrogen (secondary N) is 1. The minimum atomic E-state index is -6.84. The number of esters is 1. The summed E-state index contributed by atoms with van der Waals surface area (Å²) in [7, 11) is -6.84. The highest BCUT2D eigenvalue weighted by Crippen LogP contribution is 2.42. The van der Waals surface area contributed by atoms with Crippen LogP contribution in [0.1, 0.15) is 26.7 Å². The van der Waals surface area contributed by atoms with Crippen molar-refractivity contribution in [3.63, 3.8) is 0 Å². The molecule has 0 aromatic heterocycles. The van der Waals surface area contributed by atoms with Crippen LogP contribution in [0.25, 0.3) is 0 Å². The summed E-state index contributed by atoms with van der Waals surface area (Å²) in [5.74, 6) is -16.8. The smallest absolute Gasteiger partial charge is 0.466 e. The van der Waals surface area contributed by atoms with Crippen molar-refractivity contribution in [2.45, 2.75) is 55.9 Å². The van der Waals surface area contributed by atoms with E-state index in [-0.39, 0.29) is 0 Å². The van der Waals surface area contributed by atoms with Crippen molar-refractivity contribution in [1.29, 1.82) is 0 Å². The molecule has 0 radical (unpaired) electrons. The normalized spacial score (nSPS) is 15.4. The van der Waals surface area contributed by atoms with E-state index >= 15 is 0 Å². The molecule has 1 amide bonds. The first-order valence-corrected chi connectivity index (χ1v) is 9.33. The highest BCUT2D eigenvalue weighted by Gasteiger charge is 2.67. The molecule has 0 saturated heterocycles. The number of ether oxygens (including phenoxy) is 2. The molecule has 182 valence electrons. The minimum absolute atomic E-state index is 1.03. The molecule has 0 fully saturated rings. The van der Waals surface area contributed by atoms with Crippen LogP contribution in [0.2, 0.25) is 0 Å². The van der Waals surface area contributed by atoms with E-state index in [0.29, 0.717) is 0 Å². The van der Waals surface area contributed by atoms with Gasteiger partial charge in [0.15, 0.2) is 10.1 Å². The zero-order valence-electron chi connectivity index (χ0n) is 15.7. The molecule has 0 rings (SSSR count). The van der Waals surface area contributed by atoms with Gasteiger partial charge in [-0.05, 0) is 20.3 Å². The Labute approximate surface area is 170 Å². The summed E-state index contributed by atoms with van der Waals surface area (Å²) >= 11 is 0. The summed E-state index contributed by atoms with van der Waals surface area (Å²) in [5, 5.41) is -4.47. The summed E-state index contributed by atoms with van der Waals surface area (Å²) in [6.07, 6.45) is -9.61. The van der Waals surface area contributed by atoms with Crippen LogP contribution >= 0.6 is 0 Å². The first kappa shape index (κ1) is 29.0. The Balaban J connectivity index is 5.77. The lowest BCUT2D eigenvalue weighted by Crippen LogP contribution is -2.62. The first-order valence-electron chi connectivity index (χ1n) is 7.93. The van der Waals surface area contributed by atoms with Gasteiger partial charge in [-0.15, -0.1) is 0 Å². The van der Waals surface area contributed by atoms with Gasteiger partial charge in [-0.1, -0.05) is 6.58 Å². The highest BCUT2D eigenvalue weighted by atomic mass is 32.2. The zero-order valence-corrected chi connectivity index (χ0v) is 16.5. The molecule has 0 aromatic carbocycles. The van der Waals surface area contributed by atoms with E-state index in [0.717, 1.165) is 13.8 Å². The molecule has 17 heteroatoms. The number of hydrogen-bond donors (Lipinski definition) is 1. The van der Waals surface area contributed by atoms with Gasteiger partial charge < -0.3 is 19.3 Å². The van der Waals surface area contributed by atoms with Crippen LogP contribution in [0.5, 0.6) is 0 Å². The SMILES string of the molecule is C=C(F)C(=O)OC(OCCCC(F)(F)C(F)(F)S(=O)(=O)[O-])(C(=O)NC(C)C)C(F)(F)F. The van der Waals surface area contributed by atoms with Crippen LogP contribution in [-0.2, 0) is 29.2 Å². The maximum atomic E-state index is 13.5. The maximum Gasteiger partial charge on any atom is 0.466 e.